The number of methoxy groups -OCH3 is 1. The molecule has 0 bridgehead atoms. The topological polar surface area (TPSA) is 79.8 Å². The Morgan fingerprint density at radius 3 is 2.62 bits per heavy atom. The van der Waals surface area contributed by atoms with Crippen LogP contribution in [0.25, 0.3) is 0 Å². The first-order valence-electron chi connectivity index (χ1n) is 8.36. The number of benzene rings is 1. The van der Waals surface area contributed by atoms with Gasteiger partial charge in [-0.25, -0.2) is 5.43 Å². The fourth-order valence-electron chi connectivity index (χ4n) is 2.82. The molecule has 1 aromatic rings. The Labute approximate surface area is 142 Å². The monoisotopic (exact) mass is 331 g/mol. The number of hydrogen-bond donors (Lipinski definition) is 2. The smallest absolute Gasteiger partial charge is 0.243 e. The highest BCUT2D eigenvalue weighted by Gasteiger charge is 2.20. The minimum absolute atomic E-state index is 0.0424. The highest BCUT2D eigenvalue weighted by Crippen LogP contribution is 2.24. The van der Waals surface area contributed by atoms with Gasteiger partial charge in [-0.15, -0.1) is 0 Å². The van der Waals surface area contributed by atoms with E-state index in [4.69, 9.17) is 4.74 Å². The summed E-state index contributed by atoms with van der Waals surface area (Å²) in [5.74, 6) is 0.413. The fourth-order valence-corrected chi connectivity index (χ4v) is 2.82. The van der Waals surface area contributed by atoms with E-state index in [1.807, 2.05) is 12.1 Å². The predicted octanol–water partition coefficient (Wildman–Crippen LogP) is 3.10. The molecule has 1 aliphatic carbocycles. The first-order chi connectivity index (χ1) is 11.6. The molecule has 1 aromatic carbocycles. The first kappa shape index (κ1) is 18.0. The number of carbonyl (C=O) groups excluding carboxylic acids is 2. The second-order valence-electron chi connectivity index (χ2n) is 6.08. The van der Waals surface area contributed by atoms with E-state index in [9.17, 15) is 9.59 Å². The Hall–Kier alpha value is -2.37. The first-order valence-corrected chi connectivity index (χ1v) is 8.36. The van der Waals surface area contributed by atoms with E-state index < -0.39 is 0 Å². The zero-order valence-electron chi connectivity index (χ0n) is 14.3. The van der Waals surface area contributed by atoms with Gasteiger partial charge in [0.05, 0.1) is 19.2 Å². The molecule has 0 saturated heterocycles. The average Bonchev–Trinajstić information content (AvgIpc) is 2.60. The highest BCUT2D eigenvalue weighted by molar-refractivity contribution is 6.06. The predicted molar refractivity (Wildman–Crippen MR) is 94.1 cm³/mol. The van der Waals surface area contributed by atoms with Crippen molar-refractivity contribution in [3.8, 4) is 5.75 Å². The zero-order chi connectivity index (χ0) is 17.4. The highest BCUT2D eigenvalue weighted by atomic mass is 16.5. The maximum Gasteiger partial charge on any atom is 0.243 e. The third-order valence-corrected chi connectivity index (χ3v) is 4.13. The number of hydrogen-bond acceptors (Lipinski definition) is 4. The lowest BCUT2D eigenvalue weighted by molar-refractivity contribution is -0.126. The Balaban J connectivity index is 1.83. The molecule has 0 aliphatic heterocycles. The molecule has 0 radical (unpaired) electrons. The van der Waals surface area contributed by atoms with Gasteiger partial charge in [0, 0.05) is 11.6 Å². The molecule has 6 heteroatoms. The van der Waals surface area contributed by atoms with Crippen LogP contribution in [0, 0.1) is 5.92 Å². The van der Waals surface area contributed by atoms with Crippen molar-refractivity contribution in [1.29, 1.82) is 0 Å². The molecule has 0 spiro atoms. The van der Waals surface area contributed by atoms with Crippen LogP contribution >= 0.6 is 0 Å². The molecular weight excluding hydrogens is 306 g/mol. The molecule has 2 N–H and O–H groups in total. The van der Waals surface area contributed by atoms with Gasteiger partial charge in [0.15, 0.2) is 0 Å². The van der Waals surface area contributed by atoms with Crippen LogP contribution in [0.2, 0.25) is 0 Å². The van der Waals surface area contributed by atoms with Crippen LogP contribution in [0.15, 0.2) is 29.4 Å². The second kappa shape index (κ2) is 9.05. The summed E-state index contributed by atoms with van der Waals surface area (Å²) in [7, 11) is 1.55. The van der Waals surface area contributed by atoms with Crippen molar-refractivity contribution in [3.05, 3.63) is 24.3 Å². The molecule has 130 valence electrons. The van der Waals surface area contributed by atoms with Crippen LogP contribution in [0.1, 0.15) is 45.4 Å². The molecular formula is C18H25N3O3. The van der Waals surface area contributed by atoms with Gasteiger partial charge < -0.3 is 10.1 Å². The van der Waals surface area contributed by atoms with E-state index >= 15 is 0 Å². The Kier molecular flexibility index (Phi) is 6.78. The number of nitrogens with zero attached hydrogens (tertiary/aromatic N) is 1. The normalized spacial score (nSPS) is 15.7. The van der Waals surface area contributed by atoms with E-state index in [-0.39, 0.29) is 24.2 Å². The molecule has 6 nitrogen and oxygen atoms in total. The van der Waals surface area contributed by atoms with Crippen molar-refractivity contribution in [3.63, 3.8) is 0 Å². The van der Waals surface area contributed by atoms with Crippen molar-refractivity contribution >= 4 is 23.2 Å². The number of anilines is 1. The molecule has 1 aliphatic rings. The number of ether oxygens (including phenoxy) is 1. The summed E-state index contributed by atoms with van der Waals surface area (Å²) in [6, 6.07) is 7.21. The van der Waals surface area contributed by atoms with Gasteiger partial charge in [-0.2, -0.15) is 5.10 Å². The van der Waals surface area contributed by atoms with Crippen LogP contribution < -0.4 is 15.5 Å². The number of carbonyl (C=O) groups is 2. The Morgan fingerprint density at radius 2 is 1.92 bits per heavy atom. The fraction of sp³-hybridized carbons (Fsp3) is 0.500. The number of para-hydroxylation sites is 2. The van der Waals surface area contributed by atoms with Gasteiger partial charge in [0.1, 0.15) is 5.75 Å². The molecule has 2 rings (SSSR count). The van der Waals surface area contributed by atoms with Gasteiger partial charge in [-0.3, -0.25) is 9.59 Å². The summed E-state index contributed by atoms with van der Waals surface area (Å²) in [6.07, 6.45) is 5.37. The summed E-state index contributed by atoms with van der Waals surface area (Å²) >= 11 is 0. The lowest BCUT2D eigenvalue weighted by atomic mass is 9.89. The van der Waals surface area contributed by atoms with Gasteiger partial charge in [-0.05, 0) is 31.9 Å². The number of amides is 2. The van der Waals surface area contributed by atoms with E-state index in [1.165, 1.54) is 6.42 Å². The van der Waals surface area contributed by atoms with E-state index in [0.717, 1.165) is 25.7 Å². The van der Waals surface area contributed by atoms with Crippen molar-refractivity contribution in [2.45, 2.75) is 45.4 Å². The number of nitrogens with one attached hydrogen (secondary N) is 2. The Morgan fingerprint density at radius 1 is 1.21 bits per heavy atom. The molecule has 1 fully saturated rings. The second-order valence-corrected chi connectivity index (χ2v) is 6.08. The largest absolute Gasteiger partial charge is 0.495 e. The van der Waals surface area contributed by atoms with Gasteiger partial charge in [-0.1, -0.05) is 31.4 Å². The van der Waals surface area contributed by atoms with E-state index in [0.29, 0.717) is 17.1 Å². The van der Waals surface area contributed by atoms with Crippen molar-refractivity contribution in [1.82, 2.24) is 5.43 Å². The van der Waals surface area contributed by atoms with Crippen molar-refractivity contribution in [2.75, 3.05) is 12.4 Å². The molecule has 0 heterocycles. The van der Waals surface area contributed by atoms with Crippen molar-refractivity contribution < 1.29 is 14.3 Å². The summed E-state index contributed by atoms with van der Waals surface area (Å²) in [4.78, 5) is 24.1. The van der Waals surface area contributed by atoms with Gasteiger partial charge in [0.2, 0.25) is 11.8 Å². The molecule has 2 amide bonds. The third-order valence-electron chi connectivity index (χ3n) is 4.13. The van der Waals surface area contributed by atoms with Crippen molar-refractivity contribution in [2.24, 2.45) is 11.0 Å². The SMILES string of the molecule is COc1ccccc1NC(=O)C/C(C)=N\NC(=O)C1CCCCC1. The van der Waals surface area contributed by atoms with Gasteiger partial charge in [0.25, 0.3) is 0 Å². The van der Waals surface area contributed by atoms with Crippen LogP contribution in [-0.2, 0) is 9.59 Å². The zero-order valence-corrected chi connectivity index (χ0v) is 14.3. The molecule has 0 atom stereocenters. The lowest BCUT2D eigenvalue weighted by Gasteiger charge is -2.19. The van der Waals surface area contributed by atoms with E-state index in [2.05, 4.69) is 15.8 Å². The lowest BCUT2D eigenvalue weighted by Crippen LogP contribution is -2.29. The van der Waals surface area contributed by atoms with Crippen LogP contribution in [0.5, 0.6) is 5.75 Å². The maximum absolute atomic E-state index is 12.1. The number of hydrazone groups is 1. The summed E-state index contributed by atoms with van der Waals surface area (Å²) in [5, 5.41) is 6.83. The van der Waals surface area contributed by atoms with E-state index in [1.54, 1.807) is 26.2 Å². The van der Waals surface area contributed by atoms with Crippen LogP contribution in [0.3, 0.4) is 0 Å². The van der Waals surface area contributed by atoms with Gasteiger partial charge >= 0.3 is 0 Å². The average molecular weight is 331 g/mol. The number of rotatable bonds is 6. The molecule has 24 heavy (non-hydrogen) atoms. The minimum atomic E-state index is -0.201. The Bertz CT molecular complexity index is 607. The summed E-state index contributed by atoms with van der Waals surface area (Å²) in [6.45, 7) is 1.73. The summed E-state index contributed by atoms with van der Waals surface area (Å²) in [5.41, 5.74) is 3.76. The molecule has 0 aromatic heterocycles. The third kappa shape index (κ3) is 5.37. The van der Waals surface area contributed by atoms with Crippen LogP contribution in [-0.4, -0.2) is 24.6 Å². The standard InChI is InChI=1S/C18H25N3O3/c1-13(20-21-18(23)14-8-4-3-5-9-14)12-17(22)19-15-10-6-7-11-16(15)24-2/h6-7,10-11,14H,3-5,8-9,12H2,1-2H3,(H,19,22)(H,21,23)/b20-13-. The quantitative estimate of drug-likeness (QED) is 0.621. The minimum Gasteiger partial charge on any atom is -0.495 e. The molecule has 0 unspecified atom stereocenters. The molecule has 1 saturated carbocycles. The maximum atomic E-state index is 12.1. The summed E-state index contributed by atoms with van der Waals surface area (Å²) < 4.78 is 5.20. The van der Waals surface area contributed by atoms with Crippen LogP contribution in [0.4, 0.5) is 5.69 Å².